The number of aryl methyl sites for hydroxylation is 1. The van der Waals surface area contributed by atoms with Gasteiger partial charge in [0, 0.05) is 11.6 Å². The van der Waals surface area contributed by atoms with E-state index < -0.39 is 0 Å². The highest BCUT2D eigenvalue weighted by Crippen LogP contribution is 2.26. The van der Waals surface area contributed by atoms with Crippen molar-refractivity contribution in [2.24, 2.45) is 0 Å². The SMILES string of the molecule is Cc1cc(NC(=O)C2=Cc3ccccc3OC2)no1. The van der Waals surface area contributed by atoms with E-state index in [1.807, 2.05) is 30.3 Å². The highest BCUT2D eigenvalue weighted by molar-refractivity contribution is 6.07. The summed E-state index contributed by atoms with van der Waals surface area (Å²) in [4.78, 5) is 12.0. The number of hydrogen-bond donors (Lipinski definition) is 1. The zero-order chi connectivity index (χ0) is 13.2. The van der Waals surface area contributed by atoms with Gasteiger partial charge in [0.25, 0.3) is 5.91 Å². The van der Waals surface area contributed by atoms with Crippen LogP contribution in [0.25, 0.3) is 6.08 Å². The van der Waals surface area contributed by atoms with Gasteiger partial charge in [-0.05, 0) is 19.1 Å². The summed E-state index contributed by atoms with van der Waals surface area (Å²) in [6.45, 7) is 2.02. The lowest BCUT2D eigenvalue weighted by atomic mass is 10.1. The molecule has 0 fully saturated rings. The summed E-state index contributed by atoms with van der Waals surface area (Å²) in [6.07, 6.45) is 1.82. The average molecular weight is 256 g/mol. The Morgan fingerprint density at radius 2 is 2.21 bits per heavy atom. The smallest absolute Gasteiger partial charge is 0.256 e. The molecule has 96 valence electrons. The zero-order valence-corrected chi connectivity index (χ0v) is 10.3. The lowest BCUT2D eigenvalue weighted by Gasteiger charge is -2.16. The molecule has 0 unspecified atom stereocenters. The quantitative estimate of drug-likeness (QED) is 0.896. The number of amides is 1. The summed E-state index contributed by atoms with van der Waals surface area (Å²) in [6, 6.07) is 9.25. The van der Waals surface area contributed by atoms with Crippen LogP contribution in [0.15, 0.2) is 40.4 Å². The van der Waals surface area contributed by atoms with E-state index >= 15 is 0 Å². The number of aromatic nitrogens is 1. The first-order chi connectivity index (χ1) is 9.22. The number of carbonyl (C=O) groups excluding carboxylic acids is 1. The normalized spacial score (nSPS) is 13.2. The molecule has 2 aromatic rings. The highest BCUT2D eigenvalue weighted by Gasteiger charge is 2.17. The number of para-hydroxylation sites is 1. The molecule has 0 bridgehead atoms. The van der Waals surface area contributed by atoms with Crippen molar-refractivity contribution in [2.75, 3.05) is 11.9 Å². The molecule has 1 N–H and O–H groups in total. The summed E-state index contributed by atoms with van der Waals surface area (Å²) >= 11 is 0. The Labute approximate surface area is 109 Å². The summed E-state index contributed by atoms with van der Waals surface area (Å²) in [5.74, 6) is 1.61. The molecule has 0 spiro atoms. The monoisotopic (exact) mass is 256 g/mol. The first-order valence-electron chi connectivity index (χ1n) is 5.89. The Bertz CT molecular complexity index is 658. The molecule has 1 aliphatic rings. The summed E-state index contributed by atoms with van der Waals surface area (Å²) in [7, 11) is 0. The van der Waals surface area contributed by atoms with Crippen LogP contribution >= 0.6 is 0 Å². The largest absolute Gasteiger partial charge is 0.488 e. The predicted molar refractivity (Wildman–Crippen MR) is 69.8 cm³/mol. The minimum Gasteiger partial charge on any atom is -0.488 e. The molecule has 0 saturated carbocycles. The summed E-state index contributed by atoms with van der Waals surface area (Å²) in [5.41, 5.74) is 1.45. The van der Waals surface area contributed by atoms with E-state index in [1.54, 1.807) is 13.0 Å². The van der Waals surface area contributed by atoms with E-state index in [9.17, 15) is 4.79 Å². The van der Waals surface area contributed by atoms with Crippen LogP contribution in [0, 0.1) is 6.92 Å². The molecular weight excluding hydrogens is 244 g/mol. The molecule has 3 rings (SSSR count). The number of hydrogen-bond acceptors (Lipinski definition) is 4. The van der Waals surface area contributed by atoms with Crippen molar-refractivity contribution in [3.05, 3.63) is 47.2 Å². The lowest BCUT2D eigenvalue weighted by molar-refractivity contribution is -0.113. The van der Waals surface area contributed by atoms with Gasteiger partial charge in [-0.2, -0.15) is 0 Å². The topological polar surface area (TPSA) is 64.4 Å². The van der Waals surface area contributed by atoms with Crippen molar-refractivity contribution >= 4 is 17.8 Å². The van der Waals surface area contributed by atoms with Crippen LogP contribution in [-0.2, 0) is 4.79 Å². The van der Waals surface area contributed by atoms with E-state index in [0.29, 0.717) is 17.2 Å². The fourth-order valence-electron chi connectivity index (χ4n) is 1.87. The molecule has 0 radical (unpaired) electrons. The fraction of sp³-hybridized carbons (Fsp3) is 0.143. The van der Waals surface area contributed by atoms with Crippen molar-refractivity contribution in [1.82, 2.24) is 5.16 Å². The van der Waals surface area contributed by atoms with Crippen LogP contribution in [0.4, 0.5) is 5.82 Å². The molecule has 5 heteroatoms. The van der Waals surface area contributed by atoms with Crippen molar-refractivity contribution in [3.8, 4) is 5.75 Å². The van der Waals surface area contributed by atoms with Crippen LogP contribution in [0.2, 0.25) is 0 Å². The van der Waals surface area contributed by atoms with Crippen molar-refractivity contribution in [2.45, 2.75) is 6.92 Å². The third kappa shape index (κ3) is 2.35. The maximum atomic E-state index is 12.0. The maximum Gasteiger partial charge on any atom is 0.256 e. The van der Waals surface area contributed by atoms with E-state index in [0.717, 1.165) is 11.3 Å². The van der Waals surface area contributed by atoms with Crippen molar-refractivity contribution in [1.29, 1.82) is 0 Å². The van der Waals surface area contributed by atoms with Crippen LogP contribution in [-0.4, -0.2) is 17.7 Å². The van der Waals surface area contributed by atoms with Crippen molar-refractivity contribution < 1.29 is 14.1 Å². The second kappa shape index (κ2) is 4.61. The van der Waals surface area contributed by atoms with Gasteiger partial charge >= 0.3 is 0 Å². The van der Waals surface area contributed by atoms with Gasteiger partial charge in [-0.1, -0.05) is 23.4 Å². The minimum absolute atomic E-state index is 0.234. The van der Waals surface area contributed by atoms with Gasteiger partial charge < -0.3 is 14.6 Å². The number of anilines is 1. The third-order valence-electron chi connectivity index (χ3n) is 2.79. The number of ether oxygens (including phenoxy) is 1. The van der Waals surface area contributed by atoms with E-state index in [1.165, 1.54) is 0 Å². The third-order valence-corrected chi connectivity index (χ3v) is 2.79. The molecule has 19 heavy (non-hydrogen) atoms. The first-order valence-corrected chi connectivity index (χ1v) is 5.89. The van der Waals surface area contributed by atoms with Gasteiger partial charge in [0.1, 0.15) is 18.1 Å². The fourth-order valence-corrected chi connectivity index (χ4v) is 1.87. The van der Waals surface area contributed by atoms with Gasteiger partial charge in [-0.3, -0.25) is 4.79 Å². The van der Waals surface area contributed by atoms with Gasteiger partial charge in [0.2, 0.25) is 0 Å². The Hall–Kier alpha value is -2.56. The molecular formula is C14H12N2O3. The maximum absolute atomic E-state index is 12.0. The Balaban J connectivity index is 1.80. The van der Waals surface area contributed by atoms with Crippen molar-refractivity contribution in [3.63, 3.8) is 0 Å². The van der Waals surface area contributed by atoms with Crippen LogP contribution in [0.3, 0.4) is 0 Å². The molecule has 1 aliphatic heterocycles. The second-order valence-corrected chi connectivity index (χ2v) is 4.27. The average Bonchev–Trinajstić information content (AvgIpc) is 2.83. The number of benzene rings is 1. The van der Waals surface area contributed by atoms with E-state index in [2.05, 4.69) is 10.5 Å². The molecule has 1 aromatic carbocycles. The summed E-state index contributed by atoms with van der Waals surface area (Å²) in [5, 5.41) is 6.39. The number of nitrogens with zero attached hydrogens (tertiary/aromatic N) is 1. The zero-order valence-electron chi connectivity index (χ0n) is 10.3. The van der Waals surface area contributed by atoms with E-state index in [4.69, 9.17) is 9.26 Å². The number of rotatable bonds is 2. The lowest BCUT2D eigenvalue weighted by Crippen LogP contribution is -2.21. The number of nitrogens with one attached hydrogen (secondary N) is 1. The molecule has 0 aliphatic carbocycles. The molecule has 2 heterocycles. The molecule has 1 amide bonds. The van der Waals surface area contributed by atoms with Gasteiger partial charge in [0.15, 0.2) is 5.82 Å². The van der Waals surface area contributed by atoms with Gasteiger partial charge in [-0.25, -0.2) is 0 Å². The Morgan fingerprint density at radius 1 is 1.37 bits per heavy atom. The highest BCUT2D eigenvalue weighted by atomic mass is 16.5. The van der Waals surface area contributed by atoms with E-state index in [-0.39, 0.29) is 12.5 Å². The Kier molecular flexibility index (Phi) is 2.79. The standard InChI is InChI=1S/C14H12N2O3/c1-9-6-13(16-19-9)15-14(17)11-7-10-4-2-3-5-12(10)18-8-11/h2-7H,8H2,1H3,(H,15,16,17). The first kappa shape index (κ1) is 11.5. The molecule has 0 atom stereocenters. The second-order valence-electron chi connectivity index (χ2n) is 4.27. The molecule has 5 nitrogen and oxygen atoms in total. The van der Waals surface area contributed by atoms with Gasteiger partial charge in [0.05, 0.1) is 5.57 Å². The van der Waals surface area contributed by atoms with Crippen LogP contribution in [0.5, 0.6) is 5.75 Å². The molecule has 1 aromatic heterocycles. The number of carbonyl (C=O) groups is 1. The van der Waals surface area contributed by atoms with Gasteiger partial charge in [-0.15, -0.1) is 0 Å². The number of fused-ring (bicyclic) bond motifs is 1. The Morgan fingerprint density at radius 3 is 3.00 bits per heavy atom. The minimum atomic E-state index is -0.234. The molecule has 0 saturated heterocycles. The van der Waals surface area contributed by atoms with Crippen LogP contribution in [0.1, 0.15) is 11.3 Å². The summed E-state index contributed by atoms with van der Waals surface area (Å²) < 4.78 is 10.4. The van der Waals surface area contributed by atoms with Crippen LogP contribution < -0.4 is 10.1 Å². The predicted octanol–water partition coefficient (Wildman–Crippen LogP) is 2.40.